The lowest BCUT2D eigenvalue weighted by atomic mass is 9.93. The second-order valence-electron chi connectivity index (χ2n) is 13.8. The van der Waals surface area contributed by atoms with E-state index in [0.717, 1.165) is 16.7 Å². The highest BCUT2D eigenvalue weighted by atomic mass is 16.6. The molecule has 0 spiro atoms. The van der Waals surface area contributed by atoms with Gasteiger partial charge < -0.3 is 25.0 Å². The standard InChI is InChI=1S/C37H53N3O6/c1-12-21-40(33(42)30(25(4)13-2)39-35(44)46-37(9,10)11)31(28-22-24(3)19-20-26(28)5)32(41)38-29(34(43)45-36(6,7)8)23-27-17-15-14-16-18-27/h12,14-20,22,25,29-31H,1,13,21,23H2,2-11H3,(H,38,41)(H,39,44). The molecule has 0 bridgehead atoms. The molecule has 0 aliphatic carbocycles. The molecule has 0 aliphatic heterocycles. The molecule has 2 aromatic rings. The third-order valence-corrected chi connectivity index (χ3v) is 7.34. The molecule has 0 saturated carbocycles. The van der Waals surface area contributed by atoms with E-state index in [0.29, 0.717) is 12.0 Å². The summed E-state index contributed by atoms with van der Waals surface area (Å²) in [6, 6.07) is 11.8. The van der Waals surface area contributed by atoms with Crippen LogP contribution in [-0.4, -0.2) is 58.6 Å². The van der Waals surface area contributed by atoms with E-state index in [9.17, 15) is 19.2 Å². The third kappa shape index (κ3) is 11.7. The van der Waals surface area contributed by atoms with Crippen molar-refractivity contribution in [3.63, 3.8) is 0 Å². The predicted octanol–water partition coefficient (Wildman–Crippen LogP) is 6.37. The van der Waals surface area contributed by atoms with Gasteiger partial charge in [0.15, 0.2) is 0 Å². The van der Waals surface area contributed by atoms with Gasteiger partial charge in [-0.1, -0.05) is 80.4 Å². The number of hydrogen-bond donors (Lipinski definition) is 2. The Morgan fingerprint density at radius 2 is 1.52 bits per heavy atom. The van der Waals surface area contributed by atoms with Crippen LogP contribution >= 0.6 is 0 Å². The molecule has 9 nitrogen and oxygen atoms in total. The Morgan fingerprint density at radius 1 is 0.913 bits per heavy atom. The highest BCUT2D eigenvalue weighted by molar-refractivity contribution is 5.94. The zero-order valence-electron chi connectivity index (χ0n) is 29.2. The van der Waals surface area contributed by atoms with Gasteiger partial charge in [0.25, 0.3) is 0 Å². The van der Waals surface area contributed by atoms with Crippen LogP contribution in [0.15, 0.2) is 61.2 Å². The first kappa shape index (κ1) is 38.0. The fraction of sp³-hybridized carbons (Fsp3) is 0.514. The minimum absolute atomic E-state index is 0.00300. The van der Waals surface area contributed by atoms with Crippen LogP contribution in [0, 0.1) is 19.8 Å². The Balaban J connectivity index is 2.66. The first-order valence-electron chi connectivity index (χ1n) is 15.9. The van der Waals surface area contributed by atoms with Gasteiger partial charge in [0.05, 0.1) is 0 Å². The van der Waals surface area contributed by atoms with Gasteiger partial charge in [0.1, 0.15) is 29.3 Å². The quantitative estimate of drug-likeness (QED) is 0.195. The Kier molecular flexibility index (Phi) is 13.6. The van der Waals surface area contributed by atoms with Gasteiger partial charge in [-0.25, -0.2) is 9.59 Å². The predicted molar refractivity (Wildman–Crippen MR) is 181 cm³/mol. The van der Waals surface area contributed by atoms with Crippen molar-refractivity contribution in [1.29, 1.82) is 0 Å². The lowest BCUT2D eigenvalue weighted by Crippen LogP contribution is -2.56. The average molecular weight is 636 g/mol. The number of aryl methyl sites for hydroxylation is 2. The second kappa shape index (κ2) is 16.4. The summed E-state index contributed by atoms with van der Waals surface area (Å²) < 4.78 is 11.2. The van der Waals surface area contributed by atoms with Crippen molar-refractivity contribution in [3.05, 3.63) is 83.4 Å². The van der Waals surface area contributed by atoms with Crippen LogP contribution in [0.25, 0.3) is 0 Å². The van der Waals surface area contributed by atoms with Crippen molar-refractivity contribution >= 4 is 23.9 Å². The Labute approximate surface area is 275 Å². The van der Waals surface area contributed by atoms with Gasteiger partial charge in [0.2, 0.25) is 11.8 Å². The molecule has 2 N–H and O–H groups in total. The lowest BCUT2D eigenvalue weighted by molar-refractivity contribution is -0.159. The monoisotopic (exact) mass is 635 g/mol. The number of carbonyl (C=O) groups excluding carboxylic acids is 4. The summed E-state index contributed by atoms with van der Waals surface area (Å²) >= 11 is 0. The molecule has 0 aliphatic rings. The number of alkyl carbamates (subject to hydrolysis) is 1. The van der Waals surface area contributed by atoms with Crippen molar-refractivity contribution in [2.24, 2.45) is 5.92 Å². The Morgan fingerprint density at radius 3 is 2.07 bits per heavy atom. The molecule has 0 fully saturated rings. The molecule has 4 atom stereocenters. The normalized spacial score (nSPS) is 14.2. The minimum atomic E-state index is -1.15. The van der Waals surface area contributed by atoms with E-state index in [1.165, 1.54) is 4.90 Å². The molecule has 0 saturated heterocycles. The van der Waals surface area contributed by atoms with Gasteiger partial charge in [-0.05, 0) is 78.0 Å². The highest BCUT2D eigenvalue weighted by Crippen LogP contribution is 2.28. The maximum absolute atomic E-state index is 14.5. The molecule has 9 heteroatoms. The number of hydrogen-bond acceptors (Lipinski definition) is 6. The summed E-state index contributed by atoms with van der Waals surface area (Å²) in [6.45, 7) is 22.0. The van der Waals surface area contributed by atoms with E-state index in [1.54, 1.807) is 47.6 Å². The molecular weight excluding hydrogens is 582 g/mol. The third-order valence-electron chi connectivity index (χ3n) is 7.34. The molecule has 3 amide bonds. The summed E-state index contributed by atoms with van der Waals surface area (Å²) in [5, 5.41) is 5.69. The van der Waals surface area contributed by atoms with E-state index >= 15 is 0 Å². The molecule has 4 unspecified atom stereocenters. The van der Waals surface area contributed by atoms with E-state index in [4.69, 9.17) is 9.47 Å². The van der Waals surface area contributed by atoms with Crippen molar-refractivity contribution < 1.29 is 28.7 Å². The molecular formula is C37H53N3O6. The number of carbonyl (C=O) groups is 4. The zero-order chi connectivity index (χ0) is 34.8. The second-order valence-corrected chi connectivity index (χ2v) is 13.8. The lowest BCUT2D eigenvalue weighted by Gasteiger charge is -2.36. The van der Waals surface area contributed by atoms with Crippen molar-refractivity contribution in [2.75, 3.05) is 6.54 Å². The number of nitrogens with one attached hydrogen (secondary N) is 2. The first-order valence-corrected chi connectivity index (χ1v) is 15.9. The average Bonchev–Trinajstić information content (AvgIpc) is 2.95. The molecule has 252 valence electrons. The van der Waals surface area contributed by atoms with Gasteiger partial charge in [-0.3, -0.25) is 9.59 Å². The Hall–Kier alpha value is -4.14. The van der Waals surface area contributed by atoms with E-state index in [-0.39, 0.29) is 18.9 Å². The van der Waals surface area contributed by atoms with Gasteiger partial charge in [-0.15, -0.1) is 6.58 Å². The van der Waals surface area contributed by atoms with E-state index < -0.39 is 53.2 Å². The summed E-state index contributed by atoms with van der Waals surface area (Å²) in [6.07, 6.45) is 1.57. The molecule has 46 heavy (non-hydrogen) atoms. The van der Waals surface area contributed by atoms with E-state index in [1.807, 2.05) is 76.2 Å². The summed E-state index contributed by atoms with van der Waals surface area (Å²) in [4.78, 5) is 56.8. The van der Waals surface area contributed by atoms with Crippen LogP contribution in [0.2, 0.25) is 0 Å². The largest absolute Gasteiger partial charge is 0.458 e. The maximum Gasteiger partial charge on any atom is 0.408 e. The highest BCUT2D eigenvalue weighted by Gasteiger charge is 2.40. The fourth-order valence-electron chi connectivity index (χ4n) is 4.93. The van der Waals surface area contributed by atoms with Crippen molar-refractivity contribution in [3.8, 4) is 0 Å². The first-order chi connectivity index (χ1) is 21.4. The van der Waals surface area contributed by atoms with E-state index in [2.05, 4.69) is 17.2 Å². The van der Waals surface area contributed by atoms with Crippen LogP contribution in [0.4, 0.5) is 4.79 Å². The zero-order valence-corrected chi connectivity index (χ0v) is 29.2. The van der Waals surface area contributed by atoms with Crippen LogP contribution in [0.5, 0.6) is 0 Å². The number of rotatable bonds is 13. The fourth-order valence-corrected chi connectivity index (χ4v) is 4.93. The van der Waals surface area contributed by atoms with Gasteiger partial charge in [-0.2, -0.15) is 0 Å². The van der Waals surface area contributed by atoms with Gasteiger partial charge >= 0.3 is 12.1 Å². The summed E-state index contributed by atoms with van der Waals surface area (Å²) in [5.74, 6) is -1.91. The summed E-state index contributed by atoms with van der Waals surface area (Å²) in [5.41, 5.74) is 1.54. The number of esters is 1. The number of nitrogens with zero attached hydrogens (tertiary/aromatic N) is 1. The topological polar surface area (TPSA) is 114 Å². The Bertz CT molecular complexity index is 1360. The number of ether oxygens (including phenoxy) is 2. The molecule has 0 radical (unpaired) electrons. The summed E-state index contributed by atoms with van der Waals surface area (Å²) in [7, 11) is 0. The SMILES string of the molecule is C=CCN(C(=O)C(NC(=O)OC(C)(C)C)C(C)CC)C(C(=O)NC(Cc1ccccc1)C(=O)OC(C)(C)C)c1cc(C)ccc1C. The van der Waals surface area contributed by atoms with Crippen LogP contribution in [0.1, 0.15) is 90.1 Å². The molecule has 2 aromatic carbocycles. The maximum atomic E-state index is 14.5. The van der Waals surface area contributed by atoms with Crippen LogP contribution in [0.3, 0.4) is 0 Å². The molecule has 0 heterocycles. The smallest absolute Gasteiger partial charge is 0.408 e. The van der Waals surface area contributed by atoms with Crippen molar-refractivity contribution in [2.45, 2.75) is 111 Å². The van der Waals surface area contributed by atoms with Crippen molar-refractivity contribution in [1.82, 2.24) is 15.5 Å². The number of benzene rings is 2. The molecule has 2 rings (SSSR count). The van der Waals surface area contributed by atoms with Crippen LogP contribution < -0.4 is 10.6 Å². The van der Waals surface area contributed by atoms with Crippen LogP contribution in [-0.2, 0) is 30.3 Å². The minimum Gasteiger partial charge on any atom is -0.458 e. The van der Waals surface area contributed by atoms with Gasteiger partial charge in [0, 0.05) is 13.0 Å². The number of amides is 3. The molecule has 0 aromatic heterocycles.